The van der Waals surface area contributed by atoms with Crippen molar-refractivity contribution in [3.63, 3.8) is 0 Å². The molecule has 0 aromatic carbocycles. The maximum absolute atomic E-state index is 5.63. The summed E-state index contributed by atoms with van der Waals surface area (Å²) in [4.78, 5) is 8.36. The molecule has 0 unspecified atom stereocenters. The molecule has 1 heterocycles. The topological polar surface area (TPSA) is 73.1 Å². The van der Waals surface area contributed by atoms with Crippen molar-refractivity contribution < 1.29 is 4.74 Å². The normalized spacial score (nSPS) is 11.2. The summed E-state index contributed by atoms with van der Waals surface area (Å²) < 4.78 is 5.40. The monoisotopic (exact) mass is 224 g/mol. The van der Waals surface area contributed by atoms with E-state index in [2.05, 4.69) is 15.3 Å². The molecule has 1 aromatic heterocycles. The van der Waals surface area contributed by atoms with Crippen molar-refractivity contribution in [1.82, 2.24) is 9.97 Å². The number of hydrogen-bond acceptors (Lipinski definition) is 5. The van der Waals surface area contributed by atoms with Crippen molar-refractivity contribution in [2.75, 3.05) is 18.5 Å². The van der Waals surface area contributed by atoms with Crippen LogP contribution in [-0.2, 0) is 0 Å². The molecule has 0 bridgehead atoms. The molecule has 5 nitrogen and oxygen atoms in total. The zero-order valence-electron chi connectivity index (χ0n) is 10.2. The number of anilines is 1. The minimum Gasteiger partial charge on any atom is -0.477 e. The highest BCUT2D eigenvalue weighted by Gasteiger charge is 2.15. The van der Waals surface area contributed by atoms with Gasteiger partial charge in [0.25, 0.3) is 0 Å². The Bertz CT molecular complexity index is 328. The van der Waals surface area contributed by atoms with Gasteiger partial charge in [0, 0.05) is 12.1 Å². The molecule has 0 aliphatic heterocycles. The number of aromatic nitrogens is 2. The highest BCUT2D eigenvalue weighted by atomic mass is 16.5. The van der Waals surface area contributed by atoms with Crippen LogP contribution in [0.5, 0.6) is 5.88 Å². The number of nitrogens with two attached hydrogens (primary N) is 1. The van der Waals surface area contributed by atoms with Crippen LogP contribution in [0.15, 0.2) is 12.4 Å². The lowest BCUT2D eigenvalue weighted by Gasteiger charge is -2.24. The minimum atomic E-state index is -0.196. The highest BCUT2D eigenvalue weighted by molar-refractivity contribution is 5.36. The predicted molar refractivity (Wildman–Crippen MR) is 64.6 cm³/mol. The third kappa shape index (κ3) is 4.02. The maximum Gasteiger partial charge on any atom is 0.234 e. The summed E-state index contributed by atoms with van der Waals surface area (Å²) in [5.41, 5.74) is 5.43. The van der Waals surface area contributed by atoms with Gasteiger partial charge in [0.05, 0.1) is 19.0 Å². The van der Waals surface area contributed by atoms with Crippen LogP contribution >= 0.6 is 0 Å². The third-order valence-electron chi connectivity index (χ3n) is 2.04. The molecule has 0 spiro atoms. The van der Waals surface area contributed by atoms with Crippen molar-refractivity contribution >= 4 is 5.82 Å². The summed E-state index contributed by atoms with van der Waals surface area (Å²) in [6.45, 7) is 7.24. The summed E-state index contributed by atoms with van der Waals surface area (Å²) in [6.07, 6.45) is 4.22. The summed E-state index contributed by atoms with van der Waals surface area (Å²) in [5, 5.41) is 3.21. The van der Waals surface area contributed by atoms with Gasteiger partial charge in [-0.25, -0.2) is 0 Å². The molecule has 1 rings (SSSR count). The first-order valence-corrected chi connectivity index (χ1v) is 5.50. The van der Waals surface area contributed by atoms with Crippen molar-refractivity contribution in [2.45, 2.75) is 32.7 Å². The van der Waals surface area contributed by atoms with Crippen LogP contribution in [0.3, 0.4) is 0 Å². The molecule has 3 N–H and O–H groups in total. The molecular formula is C11H20N4O. The molecule has 5 heteroatoms. The number of hydrogen-bond donors (Lipinski definition) is 2. The molecule has 0 saturated carbocycles. The first kappa shape index (κ1) is 12.7. The predicted octanol–water partition coefficient (Wildman–Crippen LogP) is 1.41. The lowest BCUT2D eigenvalue weighted by Crippen LogP contribution is -2.39. The van der Waals surface area contributed by atoms with Gasteiger partial charge in [0.15, 0.2) is 0 Å². The summed E-state index contributed by atoms with van der Waals surface area (Å²) in [6, 6.07) is 0. The smallest absolute Gasteiger partial charge is 0.234 e. The quantitative estimate of drug-likeness (QED) is 0.764. The Morgan fingerprint density at radius 1 is 1.44 bits per heavy atom. The summed E-state index contributed by atoms with van der Waals surface area (Å²) >= 11 is 0. The second-order valence-electron chi connectivity index (χ2n) is 4.30. The molecular weight excluding hydrogens is 204 g/mol. The van der Waals surface area contributed by atoms with Gasteiger partial charge < -0.3 is 15.8 Å². The Balaban J connectivity index is 2.67. The van der Waals surface area contributed by atoms with Crippen LogP contribution < -0.4 is 15.8 Å². The fraction of sp³-hybridized carbons (Fsp3) is 0.636. The average molecular weight is 224 g/mol. The van der Waals surface area contributed by atoms with Gasteiger partial charge in [-0.15, -0.1) is 0 Å². The van der Waals surface area contributed by atoms with E-state index in [0.29, 0.717) is 24.8 Å². The second kappa shape index (κ2) is 5.65. The zero-order chi connectivity index (χ0) is 12.0. The van der Waals surface area contributed by atoms with Crippen molar-refractivity contribution in [2.24, 2.45) is 5.73 Å². The first-order chi connectivity index (χ1) is 7.57. The Morgan fingerprint density at radius 2 is 2.19 bits per heavy atom. The molecule has 90 valence electrons. The van der Waals surface area contributed by atoms with Crippen LogP contribution in [-0.4, -0.2) is 28.7 Å². The fourth-order valence-corrected chi connectivity index (χ4v) is 1.08. The first-order valence-electron chi connectivity index (χ1n) is 5.50. The molecule has 0 amide bonds. The van der Waals surface area contributed by atoms with Crippen LogP contribution in [0.2, 0.25) is 0 Å². The van der Waals surface area contributed by atoms with Gasteiger partial charge in [-0.05, 0) is 20.3 Å². The van der Waals surface area contributed by atoms with Crippen LogP contribution in [0, 0.1) is 0 Å². The Hall–Kier alpha value is -1.36. The van der Waals surface area contributed by atoms with Crippen molar-refractivity contribution in [3.05, 3.63) is 12.4 Å². The van der Waals surface area contributed by atoms with Crippen LogP contribution in [0.4, 0.5) is 5.82 Å². The Kier molecular flexibility index (Phi) is 4.49. The van der Waals surface area contributed by atoms with Gasteiger partial charge in [0.1, 0.15) is 5.82 Å². The van der Waals surface area contributed by atoms with E-state index in [1.54, 1.807) is 12.4 Å². The van der Waals surface area contributed by atoms with Gasteiger partial charge >= 0.3 is 0 Å². The van der Waals surface area contributed by atoms with Crippen molar-refractivity contribution in [3.8, 4) is 5.88 Å². The Morgan fingerprint density at radius 3 is 2.81 bits per heavy atom. The maximum atomic E-state index is 5.63. The fourth-order valence-electron chi connectivity index (χ4n) is 1.08. The van der Waals surface area contributed by atoms with E-state index in [0.717, 1.165) is 6.42 Å². The molecule has 0 aliphatic carbocycles. The summed E-state index contributed by atoms with van der Waals surface area (Å²) in [7, 11) is 0. The van der Waals surface area contributed by atoms with E-state index in [1.165, 1.54) is 0 Å². The van der Waals surface area contributed by atoms with E-state index in [4.69, 9.17) is 10.5 Å². The average Bonchev–Trinajstić information content (AvgIpc) is 2.26. The van der Waals surface area contributed by atoms with Gasteiger partial charge in [0.2, 0.25) is 5.88 Å². The molecule has 16 heavy (non-hydrogen) atoms. The van der Waals surface area contributed by atoms with E-state index >= 15 is 0 Å². The standard InChI is InChI=1S/C11H20N4O/c1-4-5-16-10-7-13-6-9(14-10)15-11(2,3)8-12/h6-7H,4-5,8,12H2,1-3H3,(H,14,15). The molecule has 0 atom stereocenters. The third-order valence-corrected chi connectivity index (χ3v) is 2.04. The van der Waals surface area contributed by atoms with Gasteiger partial charge in [-0.2, -0.15) is 4.98 Å². The van der Waals surface area contributed by atoms with Crippen LogP contribution in [0.25, 0.3) is 0 Å². The van der Waals surface area contributed by atoms with Crippen LogP contribution in [0.1, 0.15) is 27.2 Å². The second-order valence-corrected chi connectivity index (χ2v) is 4.30. The molecule has 0 fully saturated rings. The van der Waals surface area contributed by atoms with Crippen molar-refractivity contribution in [1.29, 1.82) is 0 Å². The SMILES string of the molecule is CCCOc1cncc(NC(C)(C)CN)n1. The number of nitrogens with one attached hydrogen (secondary N) is 1. The minimum absolute atomic E-state index is 0.196. The molecule has 0 radical (unpaired) electrons. The number of ether oxygens (including phenoxy) is 1. The lowest BCUT2D eigenvalue weighted by molar-refractivity contribution is 0.304. The van der Waals surface area contributed by atoms with Gasteiger partial charge in [-0.3, -0.25) is 4.98 Å². The molecule has 1 aromatic rings. The number of nitrogens with zero attached hydrogens (tertiary/aromatic N) is 2. The number of rotatable bonds is 6. The van der Waals surface area contributed by atoms with Gasteiger partial charge in [-0.1, -0.05) is 6.92 Å². The largest absolute Gasteiger partial charge is 0.477 e. The van der Waals surface area contributed by atoms with E-state index in [1.807, 2.05) is 20.8 Å². The lowest BCUT2D eigenvalue weighted by atomic mass is 10.1. The van der Waals surface area contributed by atoms with E-state index in [9.17, 15) is 0 Å². The zero-order valence-corrected chi connectivity index (χ0v) is 10.2. The molecule has 0 aliphatic rings. The Labute approximate surface area is 96.4 Å². The highest BCUT2D eigenvalue weighted by Crippen LogP contribution is 2.14. The van der Waals surface area contributed by atoms with E-state index in [-0.39, 0.29) is 5.54 Å². The van der Waals surface area contributed by atoms with E-state index < -0.39 is 0 Å². The molecule has 0 saturated heterocycles. The summed E-state index contributed by atoms with van der Waals surface area (Å²) in [5.74, 6) is 1.23.